The second-order valence-electron chi connectivity index (χ2n) is 10.0. The van der Waals surface area contributed by atoms with Crippen LogP contribution < -0.4 is 14.4 Å². The molecule has 0 radical (unpaired) electrons. The fourth-order valence-corrected chi connectivity index (χ4v) is 6.45. The highest BCUT2D eigenvalue weighted by molar-refractivity contribution is 6.31. The fourth-order valence-electron chi connectivity index (χ4n) is 6.33. The number of hydrogen-bond acceptors (Lipinski definition) is 5. The third kappa shape index (κ3) is 3.52. The number of hydrogen-bond donors (Lipinski definition) is 0. The van der Waals surface area contributed by atoms with Crippen molar-refractivity contribution in [3.63, 3.8) is 0 Å². The number of ether oxygens (including phenoxy) is 2. The molecule has 7 heteroatoms. The van der Waals surface area contributed by atoms with Gasteiger partial charge in [-0.3, -0.25) is 14.4 Å². The lowest BCUT2D eigenvalue weighted by Crippen LogP contribution is -2.42. The minimum absolute atomic E-state index is 0.347. The molecule has 4 aromatic rings. The Hall–Kier alpha value is -4.42. The standard InChI is InChI=1S/C32H22ClNO5/c1-38-21-13-6-18(7-14-21)23-16-24-26-22-5-3-2-4-17(22)8-15-25(26)39-32(37)28(24)29-27(23)30(35)34(31(29)36)20-11-9-19(33)10-12-20/h2-16,23,27-29H,1H3. The Labute approximate surface area is 229 Å². The van der Waals surface area contributed by atoms with Crippen LogP contribution in [0.3, 0.4) is 0 Å². The Kier molecular flexibility index (Phi) is 5.35. The minimum Gasteiger partial charge on any atom is -0.497 e. The van der Waals surface area contributed by atoms with Crippen LogP contribution >= 0.6 is 11.6 Å². The molecule has 0 bridgehead atoms. The molecule has 2 heterocycles. The SMILES string of the molecule is COc1ccc(C2C=C3c4c(ccc5ccccc45)OC(=O)C3C3C(=O)N(c4ccc(Cl)cc4)C(=O)C23)cc1. The minimum atomic E-state index is -0.917. The molecule has 2 amide bonds. The van der Waals surface area contributed by atoms with Crippen molar-refractivity contribution in [1.29, 1.82) is 0 Å². The van der Waals surface area contributed by atoms with E-state index in [1.54, 1.807) is 37.4 Å². The molecule has 3 aliphatic rings. The lowest BCUT2D eigenvalue weighted by atomic mass is 9.64. The van der Waals surface area contributed by atoms with Crippen molar-refractivity contribution >= 4 is 51.4 Å². The van der Waals surface area contributed by atoms with Gasteiger partial charge in [0.15, 0.2) is 0 Å². The zero-order chi connectivity index (χ0) is 26.8. The molecule has 6 nitrogen and oxygen atoms in total. The zero-order valence-corrected chi connectivity index (χ0v) is 21.6. The predicted octanol–water partition coefficient (Wildman–Crippen LogP) is 6.02. The average Bonchev–Trinajstić information content (AvgIpc) is 3.22. The summed E-state index contributed by atoms with van der Waals surface area (Å²) in [7, 11) is 1.59. The monoisotopic (exact) mass is 535 g/mol. The molecule has 4 aromatic carbocycles. The topological polar surface area (TPSA) is 72.9 Å². The van der Waals surface area contributed by atoms with Gasteiger partial charge in [0.05, 0.1) is 30.6 Å². The highest BCUT2D eigenvalue weighted by Gasteiger charge is 2.60. The number of halogens is 1. The third-order valence-corrected chi connectivity index (χ3v) is 8.32. The van der Waals surface area contributed by atoms with E-state index in [0.29, 0.717) is 22.2 Å². The second kappa shape index (κ2) is 8.82. The largest absolute Gasteiger partial charge is 0.497 e. The quantitative estimate of drug-likeness (QED) is 0.182. The normalized spacial score (nSPS) is 23.6. The predicted molar refractivity (Wildman–Crippen MR) is 148 cm³/mol. The molecule has 39 heavy (non-hydrogen) atoms. The Morgan fingerprint density at radius 1 is 0.821 bits per heavy atom. The summed E-state index contributed by atoms with van der Waals surface area (Å²) in [6, 6.07) is 25.7. The van der Waals surface area contributed by atoms with Gasteiger partial charge >= 0.3 is 5.97 Å². The lowest BCUT2D eigenvalue weighted by molar-refractivity contribution is -0.142. The van der Waals surface area contributed by atoms with Crippen LogP contribution in [0.1, 0.15) is 17.0 Å². The summed E-state index contributed by atoms with van der Waals surface area (Å²) in [4.78, 5) is 42.9. The van der Waals surface area contributed by atoms with Crippen molar-refractivity contribution in [1.82, 2.24) is 0 Å². The van der Waals surface area contributed by atoms with Gasteiger partial charge in [-0.05, 0) is 64.4 Å². The molecule has 192 valence electrons. The van der Waals surface area contributed by atoms with E-state index >= 15 is 0 Å². The number of benzene rings is 4. The maximum Gasteiger partial charge on any atom is 0.319 e. The van der Waals surface area contributed by atoms with E-state index in [9.17, 15) is 14.4 Å². The number of nitrogens with zero attached hydrogens (tertiary/aromatic N) is 1. The molecule has 0 saturated carbocycles. The van der Waals surface area contributed by atoms with Crippen LogP contribution in [0.2, 0.25) is 5.02 Å². The number of amides is 2. The molecule has 0 N–H and O–H groups in total. The number of esters is 1. The molecule has 0 spiro atoms. The van der Waals surface area contributed by atoms with E-state index in [1.165, 1.54) is 4.90 Å². The van der Waals surface area contributed by atoms with E-state index in [1.807, 2.05) is 60.7 Å². The molecule has 7 rings (SSSR count). The Morgan fingerprint density at radius 3 is 2.28 bits per heavy atom. The molecule has 2 aliphatic heterocycles. The summed E-state index contributed by atoms with van der Waals surface area (Å²) in [6.45, 7) is 0. The van der Waals surface area contributed by atoms with Crippen LogP contribution in [0.5, 0.6) is 11.5 Å². The number of fused-ring (bicyclic) bond motifs is 7. The van der Waals surface area contributed by atoms with Crippen molar-refractivity contribution in [3.8, 4) is 11.5 Å². The van der Waals surface area contributed by atoms with Gasteiger partial charge in [0.1, 0.15) is 11.5 Å². The number of carbonyl (C=O) groups excluding carboxylic acids is 3. The average molecular weight is 536 g/mol. The molecular formula is C32H22ClNO5. The summed E-state index contributed by atoms with van der Waals surface area (Å²) in [5.41, 5.74) is 2.80. The van der Waals surface area contributed by atoms with Gasteiger partial charge in [0.25, 0.3) is 0 Å². The molecule has 0 aromatic heterocycles. The second-order valence-corrected chi connectivity index (χ2v) is 10.5. The zero-order valence-electron chi connectivity index (χ0n) is 20.8. The Bertz CT molecular complexity index is 1710. The van der Waals surface area contributed by atoms with Crippen molar-refractivity contribution in [3.05, 3.63) is 107 Å². The number of carbonyl (C=O) groups is 3. The van der Waals surface area contributed by atoms with Crippen LogP contribution in [-0.2, 0) is 14.4 Å². The number of rotatable bonds is 3. The van der Waals surface area contributed by atoms with Crippen LogP contribution in [0.15, 0.2) is 91.0 Å². The van der Waals surface area contributed by atoms with E-state index in [-0.39, 0.29) is 5.91 Å². The lowest BCUT2D eigenvalue weighted by Gasteiger charge is -2.38. The van der Waals surface area contributed by atoms with Gasteiger partial charge < -0.3 is 9.47 Å². The van der Waals surface area contributed by atoms with E-state index in [0.717, 1.165) is 27.5 Å². The number of imide groups is 1. The molecule has 4 atom stereocenters. The van der Waals surface area contributed by atoms with Gasteiger partial charge in [-0.2, -0.15) is 0 Å². The van der Waals surface area contributed by atoms with Crippen LogP contribution in [0, 0.1) is 17.8 Å². The molecule has 1 saturated heterocycles. The van der Waals surface area contributed by atoms with Gasteiger partial charge in [0, 0.05) is 16.5 Å². The van der Waals surface area contributed by atoms with Gasteiger partial charge in [-0.25, -0.2) is 4.90 Å². The first-order valence-electron chi connectivity index (χ1n) is 12.7. The Balaban J connectivity index is 1.46. The van der Waals surface area contributed by atoms with E-state index in [4.69, 9.17) is 21.1 Å². The maximum absolute atomic E-state index is 14.1. The smallest absolute Gasteiger partial charge is 0.319 e. The van der Waals surface area contributed by atoms with Crippen molar-refractivity contribution in [2.75, 3.05) is 12.0 Å². The molecule has 4 unspecified atom stereocenters. The highest BCUT2D eigenvalue weighted by atomic mass is 35.5. The first-order chi connectivity index (χ1) is 19.0. The van der Waals surface area contributed by atoms with Crippen LogP contribution in [0.4, 0.5) is 5.69 Å². The summed E-state index contributed by atoms with van der Waals surface area (Å²) in [6.07, 6.45) is 2.00. The fraction of sp³-hybridized carbons (Fsp3) is 0.156. The first-order valence-corrected chi connectivity index (χ1v) is 13.1. The van der Waals surface area contributed by atoms with Crippen LogP contribution in [0.25, 0.3) is 16.3 Å². The molecular weight excluding hydrogens is 514 g/mol. The van der Waals surface area contributed by atoms with Gasteiger partial charge in [0.2, 0.25) is 11.8 Å². The van der Waals surface area contributed by atoms with E-state index in [2.05, 4.69) is 0 Å². The summed E-state index contributed by atoms with van der Waals surface area (Å²) in [5.74, 6) is -3.19. The van der Waals surface area contributed by atoms with Gasteiger partial charge in [-0.15, -0.1) is 0 Å². The summed E-state index contributed by atoms with van der Waals surface area (Å²) < 4.78 is 11.2. The summed E-state index contributed by atoms with van der Waals surface area (Å²) in [5, 5.41) is 2.42. The third-order valence-electron chi connectivity index (χ3n) is 8.07. The highest BCUT2D eigenvalue weighted by Crippen LogP contribution is 2.55. The number of methoxy groups -OCH3 is 1. The first kappa shape index (κ1) is 23.7. The summed E-state index contributed by atoms with van der Waals surface area (Å²) >= 11 is 6.08. The maximum atomic E-state index is 14.1. The number of anilines is 1. The number of allylic oxidation sites excluding steroid dienone is 1. The van der Waals surface area contributed by atoms with Crippen LogP contribution in [-0.4, -0.2) is 24.9 Å². The van der Waals surface area contributed by atoms with Gasteiger partial charge in [-0.1, -0.05) is 60.1 Å². The van der Waals surface area contributed by atoms with Crippen molar-refractivity contribution in [2.45, 2.75) is 5.92 Å². The van der Waals surface area contributed by atoms with Crippen molar-refractivity contribution < 1.29 is 23.9 Å². The molecule has 1 aliphatic carbocycles. The van der Waals surface area contributed by atoms with Crippen molar-refractivity contribution in [2.24, 2.45) is 17.8 Å². The molecule has 1 fully saturated rings. The Morgan fingerprint density at radius 2 is 1.54 bits per heavy atom. The van der Waals surface area contributed by atoms with E-state index < -0.39 is 35.5 Å².